The minimum atomic E-state index is -2.87. The van der Waals surface area contributed by atoms with Crippen molar-refractivity contribution in [1.82, 2.24) is 5.32 Å². The average Bonchev–Trinajstić information content (AvgIpc) is 2.85. The van der Waals surface area contributed by atoms with Crippen molar-refractivity contribution < 1.29 is 18.3 Å². The molecule has 1 N–H and O–H groups in total. The van der Waals surface area contributed by atoms with E-state index in [9.17, 15) is 13.6 Å². The van der Waals surface area contributed by atoms with Gasteiger partial charge in [-0.05, 0) is 46.6 Å². The van der Waals surface area contributed by atoms with Crippen LogP contribution in [0.5, 0.6) is 5.75 Å². The standard InChI is InChI=1S/C14H12BrF2NO2S/c1-8(18-13(19)10-6-12(15)21-7-10)9-3-2-4-11(5-9)20-14(16)17/h2-8,14H,1H3,(H,18,19). The Kier molecular flexibility index (Phi) is 5.30. The third kappa shape index (κ3) is 4.50. The lowest BCUT2D eigenvalue weighted by atomic mass is 10.1. The lowest BCUT2D eigenvalue weighted by Crippen LogP contribution is -2.26. The zero-order valence-electron chi connectivity index (χ0n) is 11.0. The number of alkyl halides is 2. The van der Waals surface area contributed by atoms with Crippen molar-refractivity contribution in [1.29, 1.82) is 0 Å². The van der Waals surface area contributed by atoms with Crippen LogP contribution in [0.1, 0.15) is 28.9 Å². The summed E-state index contributed by atoms with van der Waals surface area (Å²) < 4.78 is 29.6. The van der Waals surface area contributed by atoms with Crippen molar-refractivity contribution in [3.63, 3.8) is 0 Å². The molecule has 7 heteroatoms. The number of rotatable bonds is 5. The van der Waals surface area contributed by atoms with Crippen molar-refractivity contribution in [2.75, 3.05) is 0 Å². The molecule has 112 valence electrons. The van der Waals surface area contributed by atoms with Crippen LogP contribution in [-0.2, 0) is 0 Å². The third-order valence-corrected chi connectivity index (χ3v) is 4.26. The van der Waals surface area contributed by atoms with E-state index in [1.165, 1.54) is 23.5 Å². The van der Waals surface area contributed by atoms with E-state index in [0.717, 1.165) is 3.79 Å². The van der Waals surface area contributed by atoms with Gasteiger partial charge in [-0.2, -0.15) is 8.78 Å². The van der Waals surface area contributed by atoms with E-state index in [1.807, 2.05) is 0 Å². The van der Waals surface area contributed by atoms with Crippen molar-refractivity contribution in [3.05, 3.63) is 50.6 Å². The molecule has 0 saturated heterocycles. The molecular weight excluding hydrogens is 364 g/mol. The van der Waals surface area contributed by atoms with Crippen LogP contribution in [0.4, 0.5) is 8.78 Å². The van der Waals surface area contributed by atoms with E-state index in [1.54, 1.807) is 30.5 Å². The highest BCUT2D eigenvalue weighted by molar-refractivity contribution is 9.11. The number of hydrogen-bond donors (Lipinski definition) is 1. The highest BCUT2D eigenvalue weighted by atomic mass is 79.9. The quantitative estimate of drug-likeness (QED) is 0.828. The average molecular weight is 376 g/mol. The predicted octanol–water partition coefficient (Wildman–Crippen LogP) is 4.60. The summed E-state index contributed by atoms with van der Waals surface area (Å²) in [7, 11) is 0. The van der Waals surface area contributed by atoms with Gasteiger partial charge in [-0.3, -0.25) is 4.79 Å². The highest BCUT2D eigenvalue weighted by Crippen LogP contribution is 2.23. The molecule has 3 nitrogen and oxygen atoms in total. The second kappa shape index (κ2) is 7.00. The Morgan fingerprint density at radius 3 is 2.76 bits per heavy atom. The summed E-state index contributed by atoms with van der Waals surface area (Å²) >= 11 is 4.71. The van der Waals surface area contributed by atoms with E-state index in [-0.39, 0.29) is 17.7 Å². The number of nitrogens with one attached hydrogen (secondary N) is 1. The number of amides is 1. The molecule has 2 aromatic rings. The molecule has 2 rings (SSSR count). The molecule has 1 aromatic heterocycles. The zero-order valence-corrected chi connectivity index (χ0v) is 13.4. The van der Waals surface area contributed by atoms with Crippen LogP contribution >= 0.6 is 27.3 Å². The van der Waals surface area contributed by atoms with E-state index in [2.05, 4.69) is 26.0 Å². The van der Waals surface area contributed by atoms with Crippen LogP contribution < -0.4 is 10.1 Å². The number of thiophene rings is 1. The van der Waals surface area contributed by atoms with Crippen molar-refractivity contribution in [2.24, 2.45) is 0 Å². The van der Waals surface area contributed by atoms with Crippen LogP contribution in [0.15, 0.2) is 39.5 Å². The molecule has 21 heavy (non-hydrogen) atoms. The Balaban J connectivity index is 2.06. The second-order valence-electron chi connectivity index (χ2n) is 4.29. The normalized spacial score (nSPS) is 12.2. The van der Waals surface area contributed by atoms with Gasteiger partial charge in [0.15, 0.2) is 0 Å². The first-order valence-corrected chi connectivity index (χ1v) is 7.72. The largest absolute Gasteiger partial charge is 0.435 e. The molecule has 0 aliphatic rings. The third-order valence-electron chi connectivity index (χ3n) is 2.76. The van der Waals surface area contributed by atoms with Crippen molar-refractivity contribution in [3.8, 4) is 5.75 Å². The number of ether oxygens (including phenoxy) is 1. The maximum atomic E-state index is 12.2. The molecule has 0 spiro atoms. The SMILES string of the molecule is CC(NC(=O)c1csc(Br)c1)c1cccc(OC(F)F)c1. The molecule has 1 unspecified atom stereocenters. The Morgan fingerprint density at radius 2 is 2.14 bits per heavy atom. The Labute approximate surface area is 133 Å². The number of benzene rings is 1. The van der Waals surface area contributed by atoms with Gasteiger partial charge in [0.05, 0.1) is 15.4 Å². The predicted molar refractivity (Wildman–Crippen MR) is 81.0 cm³/mol. The van der Waals surface area contributed by atoms with Crippen LogP contribution in [0.25, 0.3) is 0 Å². The molecule has 0 radical (unpaired) electrons. The smallest absolute Gasteiger partial charge is 0.387 e. The fourth-order valence-corrected chi connectivity index (χ4v) is 2.89. The van der Waals surface area contributed by atoms with E-state index >= 15 is 0 Å². The van der Waals surface area contributed by atoms with Gasteiger partial charge < -0.3 is 10.1 Å². The van der Waals surface area contributed by atoms with Crippen LogP contribution in [0.3, 0.4) is 0 Å². The molecule has 0 aliphatic heterocycles. The second-order valence-corrected chi connectivity index (χ2v) is 6.58. The molecule has 1 amide bonds. The summed E-state index contributed by atoms with van der Waals surface area (Å²) in [6.45, 7) is -1.09. The van der Waals surface area contributed by atoms with Gasteiger partial charge in [0.1, 0.15) is 5.75 Å². The minimum Gasteiger partial charge on any atom is -0.435 e. The molecule has 1 heterocycles. The minimum absolute atomic E-state index is 0.0712. The Hall–Kier alpha value is -1.47. The molecule has 1 aromatic carbocycles. The highest BCUT2D eigenvalue weighted by Gasteiger charge is 2.14. The first-order valence-electron chi connectivity index (χ1n) is 6.05. The fourth-order valence-electron chi connectivity index (χ4n) is 1.75. The molecule has 0 saturated carbocycles. The summed E-state index contributed by atoms with van der Waals surface area (Å²) in [6.07, 6.45) is 0. The van der Waals surface area contributed by atoms with E-state index in [4.69, 9.17) is 0 Å². The van der Waals surface area contributed by atoms with E-state index < -0.39 is 6.61 Å². The van der Waals surface area contributed by atoms with Gasteiger partial charge in [-0.1, -0.05) is 12.1 Å². The Morgan fingerprint density at radius 1 is 1.38 bits per heavy atom. The van der Waals surface area contributed by atoms with E-state index in [0.29, 0.717) is 11.1 Å². The molecule has 0 bridgehead atoms. The molecule has 0 fully saturated rings. The summed E-state index contributed by atoms with van der Waals surface area (Å²) in [5, 5.41) is 4.55. The number of hydrogen-bond acceptors (Lipinski definition) is 3. The summed E-state index contributed by atoms with van der Waals surface area (Å²) in [4.78, 5) is 12.0. The number of carbonyl (C=O) groups is 1. The number of carbonyl (C=O) groups excluding carboxylic acids is 1. The number of halogens is 3. The van der Waals surface area contributed by atoms with Gasteiger partial charge in [-0.25, -0.2) is 0 Å². The lowest BCUT2D eigenvalue weighted by Gasteiger charge is -2.15. The van der Waals surface area contributed by atoms with Gasteiger partial charge in [-0.15, -0.1) is 11.3 Å². The first-order chi connectivity index (χ1) is 9.95. The fraction of sp³-hybridized carbons (Fsp3) is 0.214. The molecular formula is C14H12BrF2NO2S. The van der Waals surface area contributed by atoms with Gasteiger partial charge in [0.25, 0.3) is 5.91 Å². The summed E-state index contributed by atoms with van der Waals surface area (Å²) in [5.41, 5.74) is 1.24. The monoisotopic (exact) mass is 375 g/mol. The maximum Gasteiger partial charge on any atom is 0.387 e. The van der Waals surface area contributed by atoms with Crippen molar-refractivity contribution in [2.45, 2.75) is 19.6 Å². The van der Waals surface area contributed by atoms with Crippen LogP contribution in [-0.4, -0.2) is 12.5 Å². The van der Waals surface area contributed by atoms with Crippen LogP contribution in [0.2, 0.25) is 0 Å². The lowest BCUT2D eigenvalue weighted by molar-refractivity contribution is -0.0499. The summed E-state index contributed by atoms with van der Waals surface area (Å²) in [6, 6.07) is 7.69. The van der Waals surface area contributed by atoms with Gasteiger partial charge >= 0.3 is 6.61 Å². The zero-order chi connectivity index (χ0) is 15.4. The van der Waals surface area contributed by atoms with Gasteiger partial charge in [0.2, 0.25) is 0 Å². The first kappa shape index (κ1) is 15.9. The van der Waals surface area contributed by atoms with Gasteiger partial charge in [0, 0.05) is 5.38 Å². The molecule has 1 atom stereocenters. The maximum absolute atomic E-state index is 12.2. The molecule has 0 aliphatic carbocycles. The Bertz CT molecular complexity index is 633. The van der Waals surface area contributed by atoms with Crippen molar-refractivity contribution >= 4 is 33.2 Å². The summed E-state index contributed by atoms with van der Waals surface area (Å²) in [5.74, 6) is -0.147. The topological polar surface area (TPSA) is 38.3 Å². The van der Waals surface area contributed by atoms with Crippen LogP contribution in [0, 0.1) is 0 Å².